The molecular formula is C43H39Br2ClN8. The van der Waals surface area contributed by atoms with E-state index in [1.54, 1.807) is 12.4 Å². The quantitative estimate of drug-likeness (QED) is 0.159. The Kier molecular flexibility index (Phi) is 14.3. The van der Waals surface area contributed by atoms with Crippen LogP contribution in [0.1, 0.15) is 29.9 Å². The summed E-state index contributed by atoms with van der Waals surface area (Å²) in [5.74, 6) is 0.879. The molecule has 0 spiro atoms. The lowest BCUT2D eigenvalue weighted by Crippen LogP contribution is -2.02. The first-order valence-electron chi connectivity index (χ1n) is 16.7. The molecule has 11 heteroatoms. The van der Waals surface area contributed by atoms with Crippen molar-refractivity contribution in [2.75, 3.05) is 5.32 Å². The molecule has 0 saturated carbocycles. The molecule has 8 nitrogen and oxygen atoms in total. The number of nitrogens with zero attached hydrogens (tertiary/aromatic N) is 6. The fourth-order valence-electron chi connectivity index (χ4n) is 5.41. The molecule has 54 heavy (non-hydrogen) atoms. The summed E-state index contributed by atoms with van der Waals surface area (Å²) in [6.07, 6.45) is 10.8. The molecule has 8 rings (SSSR count). The lowest BCUT2D eigenvalue weighted by atomic mass is 10.1. The first-order chi connectivity index (χ1) is 25.7. The van der Waals surface area contributed by atoms with E-state index >= 15 is 0 Å². The van der Waals surface area contributed by atoms with Gasteiger partial charge in [0.1, 0.15) is 11.0 Å². The zero-order valence-corrected chi connectivity index (χ0v) is 32.9. The third kappa shape index (κ3) is 10.7. The Morgan fingerprint density at radius 3 is 1.63 bits per heavy atom. The van der Waals surface area contributed by atoms with E-state index in [1.807, 2.05) is 117 Å². The molecule has 0 saturated heterocycles. The minimum absolute atomic E-state index is 0. The third-order valence-corrected chi connectivity index (χ3v) is 9.42. The van der Waals surface area contributed by atoms with Gasteiger partial charge in [-0.2, -0.15) is 0 Å². The van der Waals surface area contributed by atoms with Crippen LogP contribution in [0.5, 0.6) is 0 Å². The van der Waals surface area contributed by atoms with Crippen LogP contribution in [0, 0.1) is 13.8 Å². The third-order valence-electron chi connectivity index (χ3n) is 8.13. The first kappa shape index (κ1) is 40.1. The molecule has 0 amide bonds. The predicted octanol–water partition coefficient (Wildman–Crippen LogP) is 11.6. The van der Waals surface area contributed by atoms with Gasteiger partial charge in [-0.25, -0.2) is 9.97 Å². The van der Waals surface area contributed by atoms with Crippen molar-refractivity contribution in [3.8, 4) is 22.5 Å². The fourth-order valence-corrected chi connectivity index (χ4v) is 6.40. The molecular weight excluding hydrogens is 824 g/mol. The molecule has 6 aromatic heterocycles. The number of hydrogen-bond acceptors (Lipinski definition) is 8. The van der Waals surface area contributed by atoms with E-state index < -0.39 is 0 Å². The molecule has 0 atom stereocenters. The second-order valence-electron chi connectivity index (χ2n) is 12.0. The standard InChI is InChI=1S/C21H17BrN4.C12H13N3.C9H5BrClN.CH4/c1-14-10-17(7-8-23-14)20-5-2-15(12-25-20)13-26-21-19-4-3-18(22)11-16(19)6-9-24-21;1-9-6-11(4-5-14-9)12-3-2-10(7-13)8-15-12;10-7-1-2-8-6(5-7)3-4-12-9(8)11;/h2-12H,13H2,1H3,(H,24,26);2-6,8H,7,13H2,1H3;1-5H;1H4. The van der Waals surface area contributed by atoms with Gasteiger partial charge in [-0.1, -0.05) is 69.1 Å². The Hall–Kier alpha value is -5.13. The average molecular weight is 863 g/mol. The van der Waals surface area contributed by atoms with Gasteiger partial charge in [0.15, 0.2) is 0 Å². The van der Waals surface area contributed by atoms with E-state index in [9.17, 15) is 0 Å². The van der Waals surface area contributed by atoms with Crippen LogP contribution >= 0.6 is 43.5 Å². The second kappa shape index (κ2) is 19.3. The van der Waals surface area contributed by atoms with Crippen molar-refractivity contribution in [1.82, 2.24) is 29.9 Å². The maximum absolute atomic E-state index is 5.88. The lowest BCUT2D eigenvalue weighted by molar-refractivity contribution is 1.05. The Balaban J connectivity index is 0.000000170. The van der Waals surface area contributed by atoms with Gasteiger partial charge in [-0.3, -0.25) is 19.9 Å². The minimum Gasteiger partial charge on any atom is -0.365 e. The van der Waals surface area contributed by atoms with Gasteiger partial charge in [0.25, 0.3) is 0 Å². The maximum atomic E-state index is 5.88. The van der Waals surface area contributed by atoms with Crippen molar-refractivity contribution >= 4 is 70.8 Å². The number of anilines is 1. The van der Waals surface area contributed by atoms with Gasteiger partial charge in [0.2, 0.25) is 0 Å². The second-order valence-corrected chi connectivity index (χ2v) is 14.2. The molecule has 0 bridgehead atoms. The highest BCUT2D eigenvalue weighted by Crippen LogP contribution is 2.26. The fraction of sp³-hybridized carbons (Fsp3) is 0.116. The highest BCUT2D eigenvalue weighted by Gasteiger charge is 2.05. The molecule has 8 aromatic rings. The SMILES string of the molecule is C.Cc1cc(-c2ccc(CN)cn2)ccn1.Cc1cc(-c2ccc(CNc3nccc4cc(Br)ccc34)cn2)ccn1.Clc1nccc2cc(Br)ccc12. The van der Waals surface area contributed by atoms with Crippen LogP contribution in [0.15, 0.2) is 143 Å². The maximum Gasteiger partial charge on any atom is 0.136 e. The van der Waals surface area contributed by atoms with Gasteiger partial charge in [-0.15, -0.1) is 0 Å². The molecule has 0 fully saturated rings. The van der Waals surface area contributed by atoms with Crippen molar-refractivity contribution in [2.24, 2.45) is 5.73 Å². The van der Waals surface area contributed by atoms with E-state index in [1.165, 1.54) is 0 Å². The van der Waals surface area contributed by atoms with Crippen LogP contribution in [0.3, 0.4) is 0 Å². The largest absolute Gasteiger partial charge is 0.365 e. The van der Waals surface area contributed by atoms with Crippen LogP contribution in [-0.4, -0.2) is 29.9 Å². The summed E-state index contributed by atoms with van der Waals surface area (Å²) in [5, 5.41) is 8.32. The van der Waals surface area contributed by atoms with Gasteiger partial charge in [0.05, 0.1) is 11.4 Å². The van der Waals surface area contributed by atoms with Crippen molar-refractivity contribution < 1.29 is 0 Å². The number of hydrogen-bond donors (Lipinski definition) is 2. The molecule has 0 aliphatic heterocycles. The summed E-state index contributed by atoms with van der Waals surface area (Å²) < 4.78 is 2.12. The van der Waals surface area contributed by atoms with Crippen LogP contribution in [0.2, 0.25) is 5.15 Å². The average Bonchev–Trinajstić information content (AvgIpc) is 3.18. The van der Waals surface area contributed by atoms with Gasteiger partial charge in [0, 0.05) is 92.5 Å². The number of nitrogens with two attached hydrogens (primary N) is 1. The highest BCUT2D eigenvalue weighted by molar-refractivity contribution is 9.10. The number of pyridine rings is 6. The van der Waals surface area contributed by atoms with E-state index in [2.05, 4.69) is 85.3 Å². The number of aryl methyl sites for hydroxylation is 2. The van der Waals surface area contributed by atoms with Crippen LogP contribution in [0.25, 0.3) is 44.1 Å². The van der Waals surface area contributed by atoms with Crippen LogP contribution in [0.4, 0.5) is 5.82 Å². The van der Waals surface area contributed by atoms with Crippen molar-refractivity contribution in [3.63, 3.8) is 0 Å². The number of halogens is 3. The summed E-state index contributed by atoms with van der Waals surface area (Å²) in [5.41, 5.74) is 13.7. The first-order valence-corrected chi connectivity index (χ1v) is 18.7. The highest BCUT2D eigenvalue weighted by atomic mass is 79.9. The summed E-state index contributed by atoms with van der Waals surface area (Å²) in [6, 6.07) is 32.2. The Labute approximate surface area is 337 Å². The molecule has 272 valence electrons. The summed E-state index contributed by atoms with van der Waals surface area (Å²) in [7, 11) is 0. The van der Waals surface area contributed by atoms with Crippen molar-refractivity contribution in [1.29, 1.82) is 0 Å². The molecule has 0 unspecified atom stereocenters. The van der Waals surface area contributed by atoms with Gasteiger partial charge >= 0.3 is 0 Å². The van der Waals surface area contributed by atoms with E-state index in [0.717, 1.165) is 81.3 Å². The Bertz CT molecular complexity index is 2460. The van der Waals surface area contributed by atoms with Crippen molar-refractivity contribution in [2.45, 2.75) is 34.4 Å². The number of benzene rings is 2. The molecule has 0 radical (unpaired) electrons. The van der Waals surface area contributed by atoms with E-state index in [4.69, 9.17) is 17.3 Å². The monoisotopic (exact) mass is 860 g/mol. The minimum atomic E-state index is 0. The van der Waals surface area contributed by atoms with Crippen molar-refractivity contribution in [3.05, 3.63) is 171 Å². The Morgan fingerprint density at radius 2 is 1.09 bits per heavy atom. The zero-order chi connectivity index (χ0) is 37.2. The molecule has 0 aliphatic rings. The van der Waals surface area contributed by atoms with Gasteiger partial charge < -0.3 is 11.1 Å². The molecule has 2 aromatic carbocycles. The Morgan fingerprint density at radius 1 is 0.574 bits per heavy atom. The predicted molar refractivity (Wildman–Crippen MR) is 230 cm³/mol. The molecule has 3 N–H and O–H groups in total. The number of fused-ring (bicyclic) bond motifs is 2. The molecule has 6 heterocycles. The summed E-state index contributed by atoms with van der Waals surface area (Å²) in [6.45, 7) is 5.16. The van der Waals surface area contributed by atoms with Crippen LogP contribution < -0.4 is 11.1 Å². The van der Waals surface area contributed by atoms with Crippen LogP contribution in [-0.2, 0) is 13.1 Å². The topological polar surface area (TPSA) is 115 Å². The number of nitrogens with one attached hydrogen (secondary N) is 1. The summed E-state index contributed by atoms with van der Waals surface area (Å²) in [4.78, 5) is 25.8. The number of aromatic nitrogens is 6. The smallest absolute Gasteiger partial charge is 0.136 e. The van der Waals surface area contributed by atoms with E-state index in [0.29, 0.717) is 18.2 Å². The zero-order valence-electron chi connectivity index (χ0n) is 29.0. The molecule has 0 aliphatic carbocycles. The van der Waals surface area contributed by atoms with E-state index in [-0.39, 0.29) is 7.43 Å². The normalized spacial score (nSPS) is 10.4. The lowest BCUT2D eigenvalue weighted by Gasteiger charge is -2.09. The van der Waals surface area contributed by atoms with Gasteiger partial charge in [-0.05, 0) is 115 Å². The number of rotatable bonds is 6. The summed E-state index contributed by atoms with van der Waals surface area (Å²) >= 11 is 12.8.